The molecule has 0 radical (unpaired) electrons. The first kappa shape index (κ1) is 13.8. The predicted octanol–water partition coefficient (Wildman–Crippen LogP) is -0.631. The van der Waals surface area contributed by atoms with Gasteiger partial charge in [0, 0.05) is 19.6 Å². The van der Waals surface area contributed by atoms with Gasteiger partial charge >= 0.3 is 0 Å². The molecule has 6 heteroatoms. The summed E-state index contributed by atoms with van der Waals surface area (Å²) in [5.74, 6) is -0.0449. The first-order chi connectivity index (χ1) is 6.58. The summed E-state index contributed by atoms with van der Waals surface area (Å²) < 4.78 is 24.4. The SMILES string of the molecule is CCCCN(CCO)S(=O)(=O)CCN. The van der Waals surface area contributed by atoms with Crippen LogP contribution in [0.15, 0.2) is 0 Å². The Bertz CT molecular complexity index is 229. The number of nitrogens with two attached hydrogens (primary N) is 1. The zero-order chi connectivity index (χ0) is 11.0. The van der Waals surface area contributed by atoms with E-state index in [0.29, 0.717) is 6.54 Å². The second-order valence-electron chi connectivity index (χ2n) is 3.08. The summed E-state index contributed by atoms with van der Waals surface area (Å²) in [6.07, 6.45) is 1.74. The molecule has 3 N–H and O–H groups in total. The molecule has 0 saturated carbocycles. The summed E-state index contributed by atoms with van der Waals surface area (Å²) in [6, 6.07) is 0. The third kappa shape index (κ3) is 4.90. The fraction of sp³-hybridized carbons (Fsp3) is 1.00. The number of hydrogen-bond donors (Lipinski definition) is 2. The van der Waals surface area contributed by atoms with Crippen LogP contribution in [-0.2, 0) is 10.0 Å². The quantitative estimate of drug-likeness (QED) is 0.575. The Labute approximate surface area is 85.9 Å². The van der Waals surface area contributed by atoms with Gasteiger partial charge in [0.15, 0.2) is 0 Å². The van der Waals surface area contributed by atoms with Gasteiger partial charge in [-0.2, -0.15) is 4.31 Å². The van der Waals surface area contributed by atoms with E-state index < -0.39 is 10.0 Å². The average molecular weight is 224 g/mol. The predicted molar refractivity (Wildman–Crippen MR) is 56.4 cm³/mol. The molecule has 0 aromatic carbocycles. The molecule has 0 rings (SSSR count). The van der Waals surface area contributed by atoms with E-state index in [-0.39, 0.29) is 25.4 Å². The van der Waals surface area contributed by atoms with Crippen LogP contribution in [0.25, 0.3) is 0 Å². The molecule has 0 amide bonds. The van der Waals surface area contributed by atoms with Gasteiger partial charge in [0.1, 0.15) is 0 Å². The molecule has 0 unspecified atom stereocenters. The first-order valence-corrected chi connectivity index (χ1v) is 6.48. The average Bonchev–Trinajstić information content (AvgIpc) is 2.11. The fourth-order valence-electron chi connectivity index (χ4n) is 1.11. The highest BCUT2D eigenvalue weighted by atomic mass is 32.2. The molecule has 0 aromatic heterocycles. The Morgan fingerprint density at radius 1 is 1.36 bits per heavy atom. The zero-order valence-electron chi connectivity index (χ0n) is 8.65. The highest BCUT2D eigenvalue weighted by Gasteiger charge is 2.19. The highest BCUT2D eigenvalue weighted by Crippen LogP contribution is 2.03. The van der Waals surface area contributed by atoms with Gasteiger partial charge in [0.2, 0.25) is 10.0 Å². The van der Waals surface area contributed by atoms with Gasteiger partial charge < -0.3 is 10.8 Å². The van der Waals surface area contributed by atoms with Crippen LogP contribution in [0.3, 0.4) is 0 Å². The van der Waals surface area contributed by atoms with Crippen LogP contribution >= 0.6 is 0 Å². The first-order valence-electron chi connectivity index (χ1n) is 4.87. The van der Waals surface area contributed by atoms with Gasteiger partial charge in [-0.15, -0.1) is 0 Å². The number of rotatable bonds is 8. The van der Waals surface area contributed by atoms with Gasteiger partial charge in [0.25, 0.3) is 0 Å². The molecule has 0 spiro atoms. The van der Waals surface area contributed by atoms with Crippen LogP contribution in [0.2, 0.25) is 0 Å². The van der Waals surface area contributed by atoms with E-state index in [1.807, 2.05) is 6.92 Å². The number of nitrogens with zero attached hydrogens (tertiary/aromatic N) is 1. The molecular formula is C8H20N2O3S. The van der Waals surface area contributed by atoms with Crippen molar-refractivity contribution in [3.8, 4) is 0 Å². The molecule has 0 aliphatic carbocycles. The molecule has 0 saturated heterocycles. The minimum absolute atomic E-state index is 0.0449. The Balaban J connectivity index is 4.30. The Hall–Kier alpha value is -0.170. The van der Waals surface area contributed by atoms with Crippen molar-refractivity contribution < 1.29 is 13.5 Å². The Morgan fingerprint density at radius 3 is 2.43 bits per heavy atom. The number of hydrogen-bond acceptors (Lipinski definition) is 4. The molecule has 0 aliphatic rings. The van der Waals surface area contributed by atoms with Gasteiger partial charge in [-0.25, -0.2) is 8.42 Å². The van der Waals surface area contributed by atoms with E-state index >= 15 is 0 Å². The Morgan fingerprint density at radius 2 is 2.00 bits per heavy atom. The van der Waals surface area contributed by atoms with E-state index in [2.05, 4.69) is 0 Å². The lowest BCUT2D eigenvalue weighted by Crippen LogP contribution is -2.37. The smallest absolute Gasteiger partial charge is 0.215 e. The van der Waals surface area contributed by atoms with Crippen LogP contribution < -0.4 is 5.73 Å². The van der Waals surface area contributed by atoms with E-state index in [0.717, 1.165) is 12.8 Å². The van der Waals surface area contributed by atoms with Crippen molar-refractivity contribution in [2.24, 2.45) is 5.73 Å². The van der Waals surface area contributed by atoms with Crippen LogP contribution in [0.4, 0.5) is 0 Å². The van der Waals surface area contributed by atoms with Crippen molar-refractivity contribution in [1.82, 2.24) is 4.31 Å². The van der Waals surface area contributed by atoms with E-state index in [1.54, 1.807) is 0 Å². The number of unbranched alkanes of at least 4 members (excludes halogenated alkanes) is 1. The molecule has 0 heterocycles. The number of aliphatic hydroxyl groups excluding tert-OH is 1. The zero-order valence-corrected chi connectivity index (χ0v) is 9.46. The molecule has 86 valence electrons. The van der Waals surface area contributed by atoms with E-state index in [1.165, 1.54) is 4.31 Å². The van der Waals surface area contributed by atoms with Crippen molar-refractivity contribution in [1.29, 1.82) is 0 Å². The van der Waals surface area contributed by atoms with E-state index in [4.69, 9.17) is 10.8 Å². The van der Waals surface area contributed by atoms with Crippen molar-refractivity contribution in [2.45, 2.75) is 19.8 Å². The molecule has 0 atom stereocenters. The molecule has 0 fully saturated rings. The molecule has 0 aromatic rings. The van der Waals surface area contributed by atoms with Crippen molar-refractivity contribution >= 4 is 10.0 Å². The summed E-state index contributed by atoms with van der Waals surface area (Å²) in [7, 11) is -3.26. The van der Waals surface area contributed by atoms with Crippen LogP contribution in [-0.4, -0.2) is 49.8 Å². The number of sulfonamides is 1. The highest BCUT2D eigenvalue weighted by molar-refractivity contribution is 7.89. The summed E-state index contributed by atoms with van der Waals surface area (Å²) in [6.45, 7) is 2.61. The molecule has 0 aliphatic heterocycles. The lowest BCUT2D eigenvalue weighted by molar-refractivity contribution is 0.252. The van der Waals surface area contributed by atoms with Crippen LogP contribution in [0, 0.1) is 0 Å². The second-order valence-corrected chi connectivity index (χ2v) is 5.17. The summed E-state index contributed by atoms with van der Waals surface area (Å²) in [5.41, 5.74) is 5.21. The minimum atomic E-state index is -3.26. The lowest BCUT2D eigenvalue weighted by atomic mass is 10.3. The van der Waals surface area contributed by atoms with E-state index in [9.17, 15) is 8.42 Å². The van der Waals surface area contributed by atoms with Gasteiger partial charge in [-0.05, 0) is 6.42 Å². The van der Waals surface area contributed by atoms with Gasteiger partial charge in [0.05, 0.1) is 12.4 Å². The summed E-state index contributed by atoms with van der Waals surface area (Å²) >= 11 is 0. The van der Waals surface area contributed by atoms with Gasteiger partial charge in [-0.1, -0.05) is 13.3 Å². The van der Waals surface area contributed by atoms with Crippen molar-refractivity contribution in [3.05, 3.63) is 0 Å². The third-order valence-electron chi connectivity index (χ3n) is 1.88. The Kier molecular flexibility index (Phi) is 7.08. The van der Waals surface area contributed by atoms with Crippen molar-refractivity contribution in [3.63, 3.8) is 0 Å². The number of aliphatic hydroxyl groups is 1. The maximum Gasteiger partial charge on any atom is 0.215 e. The standard InChI is InChI=1S/C8H20N2O3S/c1-2-3-5-10(6-7-11)14(12,13)8-4-9/h11H,2-9H2,1H3. The maximum atomic E-state index is 11.6. The van der Waals surface area contributed by atoms with Gasteiger partial charge in [-0.3, -0.25) is 0 Å². The normalized spacial score (nSPS) is 12.3. The second kappa shape index (κ2) is 7.17. The van der Waals surface area contributed by atoms with Crippen molar-refractivity contribution in [2.75, 3.05) is 32.0 Å². The molecule has 5 nitrogen and oxygen atoms in total. The summed E-state index contributed by atoms with van der Waals surface area (Å²) in [5, 5.41) is 8.73. The largest absolute Gasteiger partial charge is 0.395 e. The summed E-state index contributed by atoms with van der Waals surface area (Å²) in [4.78, 5) is 0. The lowest BCUT2D eigenvalue weighted by Gasteiger charge is -2.20. The molecule has 14 heavy (non-hydrogen) atoms. The molecule has 0 bridgehead atoms. The monoisotopic (exact) mass is 224 g/mol. The van der Waals surface area contributed by atoms with Crippen LogP contribution in [0.1, 0.15) is 19.8 Å². The topological polar surface area (TPSA) is 83.6 Å². The minimum Gasteiger partial charge on any atom is -0.395 e. The van der Waals surface area contributed by atoms with Crippen LogP contribution in [0.5, 0.6) is 0 Å². The fourth-order valence-corrected chi connectivity index (χ4v) is 2.44. The molecular weight excluding hydrogens is 204 g/mol. The maximum absolute atomic E-state index is 11.6. The third-order valence-corrected chi connectivity index (χ3v) is 3.78.